The maximum absolute atomic E-state index is 13.1. The van der Waals surface area contributed by atoms with Crippen LogP contribution in [-0.2, 0) is 12.7 Å². The number of rotatable bonds is 3. The van der Waals surface area contributed by atoms with E-state index in [9.17, 15) is 13.2 Å². The van der Waals surface area contributed by atoms with Crippen LogP contribution >= 0.6 is 0 Å². The van der Waals surface area contributed by atoms with Crippen LogP contribution in [0.3, 0.4) is 0 Å². The fourth-order valence-electron chi connectivity index (χ4n) is 1.75. The molecular formula is C12H10F3N5. The normalized spacial score (nSPS) is 11.3. The van der Waals surface area contributed by atoms with Gasteiger partial charge >= 0.3 is 6.18 Å². The molecule has 0 amide bonds. The Balaban J connectivity index is 2.55. The summed E-state index contributed by atoms with van der Waals surface area (Å²) in [6, 6.07) is 5.60. The Morgan fingerprint density at radius 1 is 1.40 bits per heavy atom. The predicted molar refractivity (Wildman–Crippen MR) is 63.8 cm³/mol. The van der Waals surface area contributed by atoms with E-state index >= 15 is 0 Å². The molecule has 0 unspecified atom stereocenters. The van der Waals surface area contributed by atoms with Crippen molar-refractivity contribution in [2.75, 3.05) is 7.05 Å². The quantitative estimate of drug-likeness (QED) is 0.932. The summed E-state index contributed by atoms with van der Waals surface area (Å²) in [7, 11) is 1.65. The second kappa shape index (κ2) is 5.30. The lowest BCUT2D eigenvalue weighted by Crippen LogP contribution is -2.13. The van der Waals surface area contributed by atoms with Crippen molar-refractivity contribution in [3.8, 4) is 11.8 Å². The molecule has 0 bridgehead atoms. The molecule has 2 aromatic rings. The average molecular weight is 281 g/mol. The molecule has 0 aliphatic carbocycles. The molecule has 1 N–H and O–H groups in total. The monoisotopic (exact) mass is 281 g/mol. The van der Waals surface area contributed by atoms with Crippen LogP contribution in [0.1, 0.15) is 17.0 Å². The Bertz CT molecular complexity index is 654. The molecule has 0 aliphatic heterocycles. The largest absolute Gasteiger partial charge is 0.418 e. The highest BCUT2D eigenvalue weighted by Gasteiger charge is 2.34. The predicted octanol–water partition coefficient (Wildman–Crippen LogP) is 1.88. The first kappa shape index (κ1) is 14.0. The number of nitrogens with zero attached hydrogens (tertiary/aromatic N) is 4. The minimum Gasteiger partial charge on any atom is -0.316 e. The van der Waals surface area contributed by atoms with Gasteiger partial charge in [-0.05, 0) is 24.7 Å². The van der Waals surface area contributed by atoms with E-state index in [-0.39, 0.29) is 11.5 Å². The Hall–Kier alpha value is -2.40. The number of hydrogen-bond donors (Lipinski definition) is 1. The first-order chi connectivity index (χ1) is 9.45. The Kier molecular flexibility index (Phi) is 3.72. The van der Waals surface area contributed by atoms with E-state index in [0.717, 1.165) is 17.1 Å². The summed E-state index contributed by atoms with van der Waals surface area (Å²) in [5, 5.41) is 15.1. The van der Waals surface area contributed by atoms with Crippen molar-refractivity contribution >= 4 is 0 Å². The molecule has 0 saturated carbocycles. The number of hydrogen-bond acceptors (Lipinski definition) is 4. The van der Waals surface area contributed by atoms with Gasteiger partial charge in [-0.2, -0.15) is 18.4 Å². The molecule has 104 valence electrons. The van der Waals surface area contributed by atoms with Crippen molar-refractivity contribution in [3.05, 3.63) is 41.5 Å². The van der Waals surface area contributed by atoms with Gasteiger partial charge in [-0.15, -0.1) is 5.10 Å². The Morgan fingerprint density at radius 3 is 2.70 bits per heavy atom. The third-order valence-electron chi connectivity index (χ3n) is 2.59. The van der Waals surface area contributed by atoms with Crippen LogP contribution < -0.4 is 5.32 Å². The average Bonchev–Trinajstić information content (AvgIpc) is 2.87. The SMILES string of the molecule is CNCc1ccc(-n2cnc(C#N)n2)c(C(F)(F)F)c1. The minimum absolute atomic E-state index is 0.161. The van der Waals surface area contributed by atoms with Gasteiger partial charge in [0.25, 0.3) is 5.82 Å². The van der Waals surface area contributed by atoms with Crippen LogP contribution in [0.2, 0.25) is 0 Å². The molecule has 0 saturated heterocycles. The molecule has 5 nitrogen and oxygen atoms in total. The third kappa shape index (κ3) is 2.78. The van der Waals surface area contributed by atoms with Gasteiger partial charge in [-0.25, -0.2) is 9.67 Å². The number of nitrogens with one attached hydrogen (secondary N) is 1. The van der Waals surface area contributed by atoms with Gasteiger partial charge in [0.2, 0.25) is 0 Å². The van der Waals surface area contributed by atoms with Crippen molar-refractivity contribution < 1.29 is 13.2 Å². The molecule has 0 fully saturated rings. The van der Waals surface area contributed by atoms with Crippen molar-refractivity contribution in [3.63, 3.8) is 0 Å². The molecule has 0 spiro atoms. The highest BCUT2D eigenvalue weighted by Crippen LogP contribution is 2.34. The lowest BCUT2D eigenvalue weighted by molar-refractivity contribution is -0.137. The topological polar surface area (TPSA) is 66.5 Å². The van der Waals surface area contributed by atoms with E-state index in [2.05, 4.69) is 15.4 Å². The minimum atomic E-state index is -4.52. The van der Waals surface area contributed by atoms with E-state index in [1.807, 2.05) is 0 Å². The van der Waals surface area contributed by atoms with Crippen LogP contribution in [0.4, 0.5) is 13.2 Å². The molecule has 0 atom stereocenters. The standard InChI is InChI=1S/C12H10F3N5/c1-17-6-8-2-3-10(9(4-8)12(13,14)15)20-7-18-11(5-16)19-20/h2-4,7,17H,6H2,1H3. The highest BCUT2D eigenvalue weighted by molar-refractivity contribution is 5.44. The van der Waals surface area contributed by atoms with Crippen LogP contribution in [0.15, 0.2) is 24.5 Å². The van der Waals surface area contributed by atoms with Gasteiger partial charge < -0.3 is 5.32 Å². The highest BCUT2D eigenvalue weighted by atomic mass is 19.4. The molecule has 20 heavy (non-hydrogen) atoms. The van der Waals surface area contributed by atoms with E-state index in [0.29, 0.717) is 12.1 Å². The van der Waals surface area contributed by atoms with Crippen LogP contribution in [0.25, 0.3) is 5.69 Å². The van der Waals surface area contributed by atoms with Gasteiger partial charge in [0.05, 0.1) is 11.3 Å². The zero-order valence-corrected chi connectivity index (χ0v) is 10.4. The molecule has 0 aliphatic rings. The number of halogens is 3. The molecule has 1 aromatic heterocycles. The second-order valence-corrected chi connectivity index (χ2v) is 4.00. The summed E-state index contributed by atoms with van der Waals surface area (Å²) >= 11 is 0. The Morgan fingerprint density at radius 2 is 2.15 bits per heavy atom. The van der Waals surface area contributed by atoms with Crippen molar-refractivity contribution in [2.45, 2.75) is 12.7 Å². The maximum Gasteiger partial charge on any atom is 0.418 e. The number of alkyl halides is 3. The fourth-order valence-corrected chi connectivity index (χ4v) is 1.75. The van der Waals surface area contributed by atoms with Gasteiger partial charge in [0, 0.05) is 6.54 Å². The van der Waals surface area contributed by atoms with E-state index in [4.69, 9.17) is 5.26 Å². The molecule has 2 rings (SSSR count). The van der Waals surface area contributed by atoms with Crippen molar-refractivity contribution in [2.24, 2.45) is 0 Å². The van der Waals surface area contributed by atoms with E-state index in [1.165, 1.54) is 6.07 Å². The summed E-state index contributed by atoms with van der Waals surface area (Å²) in [5.74, 6) is -0.183. The van der Waals surface area contributed by atoms with Gasteiger partial charge in [0.15, 0.2) is 0 Å². The van der Waals surface area contributed by atoms with Crippen LogP contribution in [0, 0.1) is 11.3 Å². The summed E-state index contributed by atoms with van der Waals surface area (Å²) in [5.41, 5.74) is -0.477. The molecule has 1 aromatic carbocycles. The lowest BCUT2D eigenvalue weighted by Gasteiger charge is -2.14. The van der Waals surface area contributed by atoms with Crippen molar-refractivity contribution in [1.82, 2.24) is 20.1 Å². The number of aromatic nitrogens is 3. The molecule has 0 radical (unpaired) electrons. The second-order valence-electron chi connectivity index (χ2n) is 4.00. The van der Waals surface area contributed by atoms with Crippen molar-refractivity contribution in [1.29, 1.82) is 5.26 Å². The van der Waals surface area contributed by atoms with E-state index < -0.39 is 11.7 Å². The number of benzene rings is 1. The summed E-state index contributed by atoms with van der Waals surface area (Å²) < 4.78 is 40.2. The van der Waals surface area contributed by atoms with Crippen LogP contribution in [0.5, 0.6) is 0 Å². The van der Waals surface area contributed by atoms with E-state index in [1.54, 1.807) is 19.2 Å². The number of nitriles is 1. The first-order valence-electron chi connectivity index (χ1n) is 5.62. The maximum atomic E-state index is 13.1. The van der Waals surface area contributed by atoms with Crippen LogP contribution in [-0.4, -0.2) is 21.8 Å². The molecule has 8 heteroatoms. The zero-order valence-electron chi connectivity index (χ0n) is 10.4. The van der Waals surface area contributed by atoms with Gasteiger partial charge in [-0.1, -0.05) is 6.07 Å². The Labute approximate surface area is 112 Å². The summed E-state index contributed by atoms with van der Waals surface area (Å²) in [6.45, 7) is 0.324. The smallest absolute Gasteiger partial charge is 0.316 e. The zero-order chi connectivity index (χ0) is 14.8. The van der Waals surface area contributed by atoms with Gasteiger partial charge in [-0.3, -0.25) is 0 Å². The fraction of sp³-hybridized carbons (Fsp3) is 0.250. The third-order valence-corrected chi connectivity index (χ3v) is 2.59. The molecule has 1 heterocycles. The lowest BCUT2D eigenvalue weighted by atomic mass is 10.1. The van der Waals surface area contributed by atoms with Gasteiger partial charge in [0.1, 0.15) is 12.4 Å². The summed E-state index contributed by atoms with van der Waals surface area (Å²) in [6.07, 6.45) is -3.43. The molecular weight excluding hydrogens is 271 g/mol. The summed E-state index contributed by atoms with van der Waals surface area (Å²) in [4.78, 5) is 3.60. The first-order valence-corrected chi connectivity index (χ1v) is 5.62.